The zero-order valence-corrected chi connectivity index (χ0v) is 24.3. The fourth-order valence-electron chi connectivity index (χ4n) is 4.18. The zero-order valence-electron chi connectivity index (χ0n) is 23.5. The average molecular weight is 594 g/mol. The number of hydrogen-bond donors (Lipinski definition) is 4. The molecule has 0 aliphatic carbocycles. The van der Waals surface area contributed by atoms with Gasteiger partial charge in [-0.2, -0.15) is 0 Å². The van der Waals surface area contributed by atoms with Crippen molar-refractivity contribution < 1.29 is 38.9 Å². The quantitative estimate of drug-likeness (QED) is 0.251. The fraction of sp³-hybridized carbons (Fsp3) is 0.267. The van der Waals surface area contributed by atoms with E-state index in [9.17, 15) is 29.4 Å². The number of aromatic hydroxyl groups is 1. The Hall–Kier alpha value is -4.71. The maximum atomic E-state index is 12.7. The summed E-state index contributed by atoms with van der Waals surface area (Å²) in [7, 11) is 1.34. The molecule has 0 saturated carbocycles. The number of thioether (sulfide) groups is 1. The third-order valence-corrected chi connectivity index (χ3v) is 7.37. The summed E-state index contributed by atoms with van der Waals surface area (Å²) >= 11 is 0.954. The number of amides is 4. The second kappa shape index (κ2) is 12.4. The van der Waals surface area contributed by atoms with Crippen LogP contribution in [0, 0.1) is 0 Å². The molecule has 12 heteroatoms. The number of carbonyl (C=O) groups is 4. The summed E-state index contributed by atoms with van der Waals surface area (Å²) in [6.45, 7) is 5.55. The number of ether oxygens (including phenoxy) is 2. The number of benzene rings is 3. The molecule has 0 aromatic heterocycles. The summed E-state index contributed by atoms with van der Waals surface area (Å²) in [4.78, 5) is 48.5. The Morgan fingerprint density at radius 1 is 1.00 bits per heavy atom. The van der Waals surface area contributed by atoms with Gasteiger partial charge in [-0.05, 0) is 59.9 Å². The van der Waals surface area contributed by atoms with Gasteiger partial charge in [-0.1, -0.05) is 44.7 Å². The van der Waals surface area contributed by atoms with Crippen molar-refractivity contribution in [3.63, 3.8) is 0 Å². The van der Waals surface area contributed by atoms with Crippen molar-refractivity contribution >= 4 is 46.3 Å². The Bertz CT molecular complexity index is 1520. The first kappa shape index (κ1) is 30.3. The maximum Gasteiger partial charge on any atom is 0.411 e. The van der Waals surface area contributed by atoms with Crippen molar-refractivity contribution in [1.82, 2.24) is 5.32 Å². The molecule has 1 heterocycles. The van der Waals surface area contributed by atoms with E-state index < -0.39 is 17.3 Å². The van der Waals surface area contributed by atoms with E-state index in [0.29, 0.717) is 29.2 Å². The minimum atomic E-state index is -1.24. The highest BCUT2D eigenvalue weighted by molar-refractivity contribution is 8.15. The van der Waals surface area contributed by atoms with E-state index in [2.05, 4.69) is 10.6 Å². The van der Waals surface area contributed by atoms with Crippen LogP contribution in [0.4, 0.5) is 21.0 Å². The van der Waals surface area contributed by atoms with Crippen LogP contribution < -0.4 is 25.0 Å². The molecule has 4 rings (SSSR count). The van der Waals surface area contributed by atoms with Gasteiger partial charge in [-0.25, -0.2) is 4.79 Å². The molecule has 0 spiro atoms. The van der Waals surface area contributed by atoms with Crippen molar-refractivity contribution in [1.29, 1.82) is 0 Å². The number of carbonyl (C=O) groups excluding carboxylic acids is 3. The lowest BCUT2D eigenvalue weighted by molar-refractivity contribution is -0.119. The van der Waals surface area contributed by atoms with E-state index in [-0.39, 0.29) is 40.3 Å². The van der Waals surface area contributed by atoms with Gasteiger partial charge in [-0.3, -0.25) is 24.6 Å². The molecule has 1 atom stereocenters. The van der Waals surface area contributed by atoms with E-state index in [4.69, 9.17) is 9.47 Å². The fourth-order valence-corrected chi connectivity index (χ4v) is 5.03. The van der Waals surface area contributed by atoms with Crippen LogP contribution in [0.5, 0.6) is 23.0 Å². The van der Waals surface area contributed by atoms with Crippen molar-refractivity contribution in [2.24, 2.45) is 0 Å². The summed E-state index contributed by atoms with van der Waals surface area (Å²) in [6.07, 6.45) is -0.857. The average Bonchev–Trinajstić information content (AvgIpc) is 3.25. The zero-order chi connectivity index (χ0) is 30.6. The lowest BCUT2D eigenvalue weighted by Crippen LogP contribution is -2.27. The Morgan fingerprint density at radius 3 is 2.26 bits per heavy atom. The summed E-state index contributed by atoms with van der Waals surface area (Å²) in [5, 5.41) is 23.9. The number of nitrogens with zero attached hydrogens (tertiary/aromatic N) is 1. The summed E-state index contributed by atoms with van der Waals surface area (Å²) < 4.78 is 11.5. The van der Waals surface area contributed by atoms with Gasteiger partial charge < -0.3 is 25.0 Å². The first-order valence-electron chi connectivity index (χ1n) is 13.0. The van der Waals surface area contributed by atoms with Crippen LogP contribution in [-0.2, 0) is 21.4 Å². The van der Waals surface area contributed by atoms with E-state index in [1.807, 2.05) is 20.8 Å². The Morgan fingerprint density at radius 2 is 1.64 bits per heavy atom. The molecule has 220 valence electrons. The number of phenols is 1. The molecule has 0 bridgehead atoms. The smallest absolute Gasteiger partial charge is 0.411 e. The summed E-state index contributed by atoms with van der Waals surface area (Å²) in [5.41, 5.74) is 1.61. The number of nitrogens with one attached hydrogen (secondary N) is 2. The molecule has 0 radical (unpaired) electrons. The van der Waals surface area contributed by atoms with E-state index in [0.717, 1.165) is 22.2 Å². The van der Waals surface area contributed by atoms with Gasteiger partial charge in [-0.15, -0.1) is 0 Å². The number of imide groups is 1. The van der Waals surface area contributed by atoms with Crippen LogP contribution in [0.15, 0.2) is 60.7 Å². The number of hydrogen-bond acceptors (Lipinski definition) is 8. The molecular weight excluding hydrogens is 562 g/mol. The molecule has 1 saturated heterocycles. The predicted octanol–water partition coefficient (Wildman–Crippen LogP) is 5.51. The highest BCUT2D eigenvalue weighted by Gasteiger charge is 2.31. The third kappa shape index (κ3) is 7.52. The molecule has 4 amide bonds. The number of anilines is 2. The van der Waals surface area contributed by atoms with Crippen molar-refractivity contribution in [3.05, 3.63) is 71.8 Å². The standard InChI is InChI=1S/C30H31N3O8S/c1-30(2,3)21-14-19(10-12-24(21)34)41-20-9-11-22(23(15-20)33(4)29(38)39)31-26(35)16-40-18-7-5-17(6-8-18)13-25-27(36)32-28(37)42-25/h5-12,14-15,25,34H,13,16H2,1-4H3,(H,31,35)(H,38,39)(H,32,36,37). The molecule has 11 nitrogen and oxygen atoms in total. The lowest BCUT2D eigenvalue weighted by Gasteiger charge is -2.22. The highest BCUT2D eigenvalue weighted by Crippen LogP contribution is 2.37. The minimum absolute atomic E-state index is 0.146. The molecule has 1 aliphatic heterocycles. The molecule has 1 unspecified atom stereocenters. The van der Waals surface area contributed by atoms with E-state index in [1.165, 1.54) is 25.2 Å². The van der Waals surface area contributed by atoms with Gasteiger partial charge >= 0.3 is 6.09 Å². The molecule has 42 heavy (non-hydrogen) atoms. The molecule has 3 aromatic rings. The van der Waals surface area contributed by atoms with Gasteiger partial charge in [0.2, 0.25) is 5.91 Å². The predicted molar refractivity (Wildman–Crippen MR) is 159 cm³/mol. The molecule has 1 fully saturated rings. The number of carboxylic acid groups (broad SMARTS) is 1. The Balaban J connectivity index is 1.41. The Kier molecular flexibility index (Phi) is 8.96. The minimum Gasteiger partial charge on any atom is -0.508 e. The summed E-state index contributed by atoms with van der Waals surface area (Å²) in [6, 6.07) is 16.3. The van der Waals surface area contributed by atoms with Crippen LogP contribution in [0.1, 0.15) is 31.9 Å². The SMILES string of the molecule is CN(C(=O)O)c1cc(Oc2ccc(O)c(C(C)(C)C)c2)ccc1NC(=O)COc1ccc(CC2SC(=O)NC2=O)cc1. The van der Waals surface area contributed by atoms with Gasteiger partial charge in [0.25, 0.3) is 11.1 Å². The van der Waals surface area contributed by atoms with Crippen LogP contribution in [0.3, 0.4) is 0 Å². The van der Waals surface area contributed by atoms with Crippen LogP contribution in [0.2, 0.25) is 0 Å². The number of phenolic OH excluding ortho intramolecular Hbond substituents is 1. The second-order valence-corrected chi connectivity index (χ2v) is 11.8. The molecule has 1 aliphatic rings. The van der Waals surface area contributed by atoms with Crippen molar-refractivity contribution in [2.45, 2.75) is 37.9 Å². The summed E-state index contributed by atoms with van der Waals surface area (Å²) in [5.74, 6) is 0.520. The van der Waals surface area contributed by atoms with Gasteiger partial charge in [0, 0.05) is 18.7 Å². The third-order valence-electron chi connectivity index (χ3n) is 6.38. The van der Waals surface area contributed by atoms with Crippen molar-refractivity contribution in [2.75, 3.05) is 23.9 Å². The number of rotatable bonds is 9. The first-order chi connectivity index (χ1) is 19.8. The van der Waals surface area contributed by atoms with Gasteiger partial charge in [0.15, 0.2) is 6.61 Å². The monoisotopic (exact) mass is 593 g/mol. The van der Waals surface area contributed by atoms with Gasteiger partial charge in [0.1, 0.15) is 23.0 Å². The molecular formula is C30H31N3O8S. The van der Waals surface area contributed by atoms with Crippen LogP contribution >= 0.6 is 11.8 Å². The van der Waals surface area contributed by atoms with Gasteiger partial charge in [0.05, 0.1) is 16.6 Å². The highest BCUT2D eigenvalue weighted by atomic mass is 32.2. The second-order valence-electron chi connectivity index (χ2n) is 10.6. The van der Waals surface area contributed by atoms with Crippen molar-refractivity contribution in [3.8, 4) is 23.0 Å². The first-order valence-corrected chi connectivity index (χ1v) is 13.8. The van der Waals surface area contributed by atoms with Crippen LogP contribution in [0.25, 0.3) is 0 Å². The van der Waals surface area contributed by atoms with E-state index in [1.54, 1.807) is 42.5 Å². The van der Waals surface area contributed by atoms with Crippen LogP contribution in [-0.4, -0.2) is 52.3 Å². The molecule has 4 N–H and O–H groups in total. The topological polar surface area (TPSA) is 155 Å². The van der Waals surface area contributed by atoms with E-state index >= 15 is 0 Å². The Labute approximate surface area is 246 Å². The lowest BCUT2D eigenvalue weighted by atomic mass is 9.86. The largest absolute Gasteiger partial charge is 0.508 e. The maximum absolute atomic E-state index is 12.7. The molecule has 3 aromatic carbocycles. The normalized spacial score (nSPS) is 14.7.